The van der Waals surface area contributed by atoms with Gasteiger partial charge in [0.25, 0.3) is 0 Å². The van der Waals surface area contributed by atoms with Gasteiger partial charge in [-0.1, -0.05) is 13.0 Å². The maximum Gasteiger partial charge on any atom is 0.130 e. The van der Waals surface area contributed by atoms with Gasteiger partial charge >= 0.3 is 0 Å². The van der Waals surface area contributed by atoms with Crippen molar-refractivity contribution in [2.24, 2.45) is 0 Å². The van der Waals surface area contributed by atoms with Crippen molar-refractivity contribution < 1.29 is 9.13 Å². The SMILES string of the molecule is CCCNC(C)c1c(F)cccc1N(CCOC)C1CC1. The predicted octanol–water partition coefficient (Wildman–Crippen LogP) is 3.50. The first-order valence-corrected chi connectivity index (χ1v) is 7.96. The number of hydrogen-bond donors (Lipinski definition) is 1. The second kappa shape index (κ2) is 7.76. The molecule has 0 heterocycles. The van der Waals surface area contributed by atoms with E-state index >= 15 is 0 Å². The topological polar surface area (TPSA) is 24.5 Å². The molecule has 1 N–H and O–H groups in total. The lowest BCUT2D eigenvalue weighted by atomic mass is 10.0. The Morgan fingerprint density at radius 2 is 2.19 bits per heavy atom. The third kappa shape index (κ3) is 4.17. The minimum Gasteiger partial charge on any atom is -0.383 e. The van der Waals surface area contributed by atoms with Crippen LogP contribution in [0.25, 0.3) is 0 Å². The van der Waals surface area contributed by atoms with Gasteiger partial charge in [-0.25, -0.2) is 4.39 Å². The molecule has 1 aliphatic rings. The zero-order chi connectivity index (χ0) is 15.2. The summed E-state index contributed by atoms with van der Waals surface area (Å²) < 4.78 is 19.6. The molecule has 3 nitrogen and oxygen atoms in total. The van der Waals surface area contributed by atoms with E-state index < -0.39 is 0 Å². The average Bonchev–Trinajstić information content (AvgIpc) is 3.30. The van der Waals surface area contributed by atoms with E-state index in [-0.39, 0.29) is 11.9 Å². The molecule has 1 saturated carbocycles. The molecule has 1 aromatic rings. The summed E-state index contributed by atoms with van der Waals surface area (Å²) in [6.07, 6.45) is 3.43. The minimum atomic E-state index is -0.119. The van der Waals surface area contributed by atoms with Crippen LogP contribution in [0.5, 0.6) is 0 Å². The average molecular weight is 294 g/mol. The molecule has 4 heteroatoms. The monoisotopic (exact) mass is 294 g/mol. The lowest BCUT2D eigenvalue weighted by molar-refractivity contribution is 0.205. The van der Waals surface area contributed by atoms with E-state index in [1.807, 2.05) is 19.1 Å². The highest BCUT2D eigenvalue weighted by Gasteiger charge is 2.31. The van der Waals surface area contributed by atoms with E-state index in [1.54, 1.807) is 13.2 Å². The van der Waals surface area contributed by atoms with Crippen molar-refractivity contribution in [2.75, 3.05) is 31.7 Å². The highest BCUT2D eigenvalue weighted by atomic mass is 19.1. The van der Waals surface area contributed by atoms with Crippen molar-refractivity contribution >= 4 is 5.69 Å². The largest absolute Gasteiger partial charge is 0.383 e. The molecule has 21 heavy (non-hydrogen) atoms. The molecule has 118 valence electrons. The summed E-state index contributed by atoms with van der Waals surface area (Å²) in [5, 5.41) is 3.40. The van der Waals surface area contributed by atoms with Crippen molar-refractivity contribution in [3.8, 4) is 0 Å². The molecular weight excluding hydrogens is 267 g/mol. The molecule has 1 unspecified atom stereocenters. The van der Waals surface area contributed by atoms with Gasteiger partial charge in [0.05, 0.1) is 6.61 Å². The molecule has 0 saturated heterocycles. The summed E-state index contributed by atoms with van der Waals surface area (Å²) in [4.78, 5) is 2.31. The molecule has 2 rings (SSSR count). The molecule has 0 aliphatic heterocycles. The number of nitrogens with zero attached hydrogens (tertiary/aromatic N) is 1. The van der Waals surface area contributed by atoms with Crippen LogP contribution in [0.4, 0.5) is 10.1 Å². The zero-order valence-corrected chi connectivity index (χ0v) is 13.4. The van der Waals surface area contributed by atoms with Crippen LogP contribution in [-0.2, 0) is 4.74 Å². The number of anilines is 1. The minimum absolute atomic E-state index is 0.0185. The van der Waals surface area contributed by atoms with E-state index in [1.165, 1.54) is 12.8 Å². The van der Waals surface area contributed by atoms with Gasteiger partial charge in [-0.05, 0) is 44.9 Å². The van der Waals surface area contributed by atoms with Crippen LogP contribution in [0.2, 0.25) is 0 Å². The van der Waals surface area contributed by atoms with Gasteiger partial charge in [-0.3, -0.25) is 0 Å². The van der Waals surface area contributed by atoms with Crippen molar-refractivity contribution in [3.05, 3.63) is 29.6 Å². The first kappa shape index (κ1) is 16.2. The molecule has 0 amide bonds. The number of halogens is 1. The van der Waals surface area contributed by atoms with Crippen LogP contribution in [0.15, 0.2) is 18.2 Å². The van der Waals surface area contributed by atoms with Crippen LogP contribution < -0.4 is 10.2 Å². The Hall–Kier alpha value is -1.13. The molecule has 1 fully saturated rings. The van der Waals surface area contributed by atoms with Crippen molar-refractivity contribution in [3.63, 3.8) is 0 Å². The van der Waals surface area contributed by atoms with Crippen molar-refractivity contribution in [2.45, 2.75) is 45.2 Å². The summed E-state index contributed by atoms with van der Waals surface area (Å²) in [7, 11) is 1.71. The highest BCUT2D eigenvalue weighted by molar-refractivity contribution is 5.57. The normalized spacial score (nSPS) is 16.0. The van der Waals surface area contributed by atoms with E-state index in [9.17, 15) is 4.39 Å². The highest BCUT2D eigenvalue weighted by Crippen LogP contribution is 2.36. The Bertz CT molecular complexity index is 448. The lowest BCUT2D eigenvalue weighted by Gasteiger charge is -2.29. The number of nitrogens with one attached hydrogen (secondary N) is 1. The van der Waals surface area contributed by atoms with Crippen LogP contribution in [0.3, 0.4) is 0 Å². The van der Waals surface area contributed by atoms with Gasteiger partial charge < -0.3 is 15.0 Å². The van der Waals surface area contributed by atoms with Crippen molar-refractivity contribution in [1.82, 2.24) is 5.32 Å². The summed E-state index contributed by atoms with van der Waals surface area (Å²) in [5.74, 6) is -0.119. The first-order valence-electron chi connectivity index (χ1n) is 7.96. The Morgan fingerprint density at radius 3 is 2.81 bits per heavy atom. The van der Waals surface area contributed by atoms with E-state index in [0.29, 0.717) is 12.6 Å². The van der Waals surface area contributed by atoms with Crippen LogP contribution in [0.1, 0.15) is 44.7 Å². The maximum absolute atomic E-state index is 14.4. The Kier molecular flexibility index (Phi) is 6.00. The number of rotatable bonds is 9. The third-order valence-corrected chi connectivity index (χ3v) is 4.00. The van der Waals surface area contributed by atoms with Gasteiger partial charge in [-0.15, -0.1) is 0 Å². The fraction of sp³-hybridized carbons (Fsp3) is 0.647. The molecule has 0 spiro atoms. The molecule has 1 aliphatic carbocycles. The molecular formula is C17H27FN2O. The van der Waals surface area contributed by atoms with E-state index in [2.05, 4.69) is 17.1 Å². The second-order valence-electron chi connectivity index (χ2n) is 5.77. The van der Waals surface area contributed by atoms with Gasteiger partial charge in [0.15, 0.2) is 0 Å². The van der Waals surface area contributed by atoms with Gasteiger partial charge in [0.2, 0.25) is 0 Å². The summed E-state index contributed by atoms with van der Waals surface area (Å²) in [5.41, 5.74) is 1.81. The van der Waals surface area contributed by atoms with Crippen LogP contribution >= 0.6 is 0 Å². The van der Waals surface area contributed by atoms with Gasteiger partial charge in [0.1, 0.15) is 5.82 Å². The van der Waals surface area contributed by atoms with E-state index in [4.69, 9.17) is 4.74 Å². The number of ether oxygens (including phenoxy) is 1. The Balaban J connectivity index is 2.25. The smallest absolute Gasteiger partial charge is 0.130 e. The first-order chi connectivity index (χ1) is 10.2. The molecule has 0 bridgehead atoms. The van der Waals surface area contributed by atoms with Crippen LogP contribution in [-0.4, -0.2) is 32.8 Å². The van der Waals surface area contributed by atoms with Crippen molar-refractivity contribution in [1.29, 1.82) is 0 Å². The van der Waals surface area contributed by atoms with Gasteiger partial charge in [-0.2, -0.15) is 0 Å². The molecule has 1 aromatic carbocycles. The standard InChI is InChI=1S/C17H27FN2O/c1-4-10-19-13(2)17-15(18)6-5-7-16(17)20(11-12-21-3)14-8-9-14/h5-7,13-14,19H,4,8-12H2,1-3H3. The molecule has 0 aromatic heterocycles. The number of methoxy groups -OCH3 is 1. The fourth-order valence-electron chi connectivity index (χ4n) is 2.74. The third-order valence-electron chi connectivity index (χ3n) is 4.00. The Morgan fingerprint density at radius 1 is 1.43 bits per heavy atom. The lowest BCUT2D eigenvalue weighted by Crippen LogP contribution is -2.32. The zero-order valence-electron chi connectivity index (χ0n) is 13.4. The summed E-state index contributed by atoms with van der Waals surface area (Å²) in [6.45, 7) is 6.55. The number of hydrogen-bond acceptors (Lipinski definition) is 3. The quantitative estimate of drug-likeness (QED) is 0.754. The maximum atomic E-state index is 14.4. The Labute approximate surface area is 127 Å². The van der Waals surface area contributed by atoms with E-state index in [0.717, 1.165) is 30.8 Å². The predicted molar refractivity (Wildman–Crippen MR) is 85.4 cm³/mol. The number of benzene rings is 1. The molecule has 0 radical (unpaired) electrons. The fourth-order valence-corrected chi connectivity index (χ4v) is 2.74. The summed E-state index contributed by atoms with van der Waals surface area (Å²) in [6, 6.07) is 5.97. The van der Waals surface area contributed by atoms with Crippen LogP contribution in [0, 0.1) is 5.82 Å². The van der Waals surface area contributed by atoms with Gasteiger partial charge in [0, 0.05) is 37.0 Å². The summed E-state index contributed by atoms with van der Waals surface area (Å²) >= 11 is 0. The second-order valence-corrected chi connectivity index (χ2v) is 5.77. The molecule has 1 atom stereocenters.